The predicted molar refractivity (Wildman–Crippen MR) is 80.7 cm³/mol. The summed E-state index contributed by atoms with van der Waals surface area (Å²) < 4.78 is 0.867. The van der Waals surface area contributed by atoms with Crippen LogP contribution in [0.2, 0.25) is 0 Å². The fraction of sp³-hybridized carbons (Fsp3) is 0.615. The van der Waals surface area contributed by atoms with Crippen molar-refractivity contribution in [2.75, 3.05) is 11.1 Å². The van der Waals surface area contributed by atoms with E-state index in [0.717, 1.165) is 22.4 Å². The van der Waals surface area contributed by atoms with Crippen molar-refractivity contribution >= 4 is 34.1 Å². The number of nitrogens with one attached hydrogen (secondary N) is 1. The van der Waals surface area contributed by atoms with E-state index in [1.807, 2.05) is 6.08 Å². The van der Waals surface area contributed by atoms with E-state index in [9.17, 15) is 4.79 Å². The zero-order chi connectivity index (χ0) is 13.5. The van der Waals surface area contributed by atoms with E-state index in [1.165, 1.54) is 37.0 Å². The first-order valence-electron chi connectivity index (χ1n) is 6.65. The fourth-order valence-electron chi connectivity index (χ4n) is 2.26. The molecule has 104 valence electrons. The second kappa shape index (κ2) is 7.65. The minimum Gasteiger partial charge on any atom is -0.301 e. The largest absolute Gasteiger partial charge is 0.301 e. The van der Waals surface area contributed by atoms with Crippen LogP contribution in [0.15, 0.2) is 17.0 Å². The molecule has 1 aromatic heterocycles. The van der Waals surface area contributed by atoms with Crippen LogP contribution in [-0.4, -0.2) is 21.9 Å². The van der Waals surface area contributed by atoms with Crippen LogP contribution in [0.3, 0.4) is 0 Å². The normalized spacial score (nSPS) is 15.6. The van der Waals surface area contributed by atoms with Crippen LogP contribution in [0, 0.1) is 5.92 Å². The molecule has 1 aliphatic carbocycles. The van der Waals surface area contributed by atoms with E-state index in [0.29, 0.717) is 11.6 Å². The highest BCUT2D eigenvalue weighted by atomic mass is 32.2. The number of amides is 1. The molecule has 1 fully saturated rings. The molecule has 0 unspecified atom stereocenters. The highest BCUT2D eigenvalue weighted by Crippen LogP contribution is 2.29. The summed E-state index contributed by atoms with van der Waals surface area (Å²) in [6.45, 7) is 3.66. The molecule has 0 radical (unpaired) electrons. The molecule has 1 aliphatic rings. The van der Waals surface area contributed by atoms with Crippen LogP contribution in [-0.2, 0) is 4.79 Å². The Kier molecular flexibility index (Phi) is 5.85. The van der Waals surface area contributed by atoms with Crippen LogP contribution in [0.5, 0.6) is 0 Å². The average molecular weight is 297 g/mol. The van der Waals surface area contributed by atoms with Crippen molar-refractivity contribution < 1.29 is 4.79 Å². The second-order valence-electron chi connectivity index (χ2n) is 4.71. The lowest BCUT2D eigenvalue weighted by Crippen LogP contribution is -2.12. The summed E-state index contributed by atoms with van der Waals surface area (Å²) in [4.78, 5) is 11.8. The van der Waals surface area contributed by atoms with Gasteiger partial charge in [0.1, 0.15) is 0 Å². The molecule has 1 aromatic rings. The summed E-state index contributed by atoms with van der Waals surface area (Å²) in [5.41, 5.74) is 0. The van der Waals surface area contributed by atoms with Gasteiger partial charge in [0.05, 0.1) is 0 Å². The number of carbonyl (C=O) groups is 1. The number of nitrogens with zero attached hydrogens (tertiary/aromatic N) is 2. The zero-order valence-electron chi connectivity index (χ0n) is 10.9. The lowest BCUT2D eigenvalue weighted by Gasteiger charge is -2.07. The SMILES string of the molecule is C=CCSc1nnc(NC(=O)CCC2CCCC2)s1. The third-order valence-corrected chi connectivity index (χ3v) is 5.20. The Morgan fingerprint density at radius 1 is 1.47 bits per heavy atom. The maximum Gasteiger partial charge on any atom is 0.226 e. The number of hydrogen-bond donors (Lipinski definition) is 1. The van der Waals surface area contributed by atoms with Gasteiger partial charge in [-0.3, -0.25) is 4.79 Å². The van der Waals surface area contributed by atoms with Crippen molar-refractivity contribution in [1.82, 2.24) is 10.2 Å². The topological polar surface area (TPSA) is 54.9 Å². The lowest BCUT2D eigenvalue weighted by molar-refractivity contribution is -0.116. The van der Waals surface area contributed by atoms with Crippen molar-refractivity contribution in [2.45, 2.75) is 42.9 Å². The maximum absolute atomic E-state index is 11.8. The van der Waals surface area contributed by atoms with E-state index in [1.54, 1.807) is 11.8 Å². The van der Waals surface area contributed by atoms with Crippen molar-refractivity contribution in [2.24, 2.45) is 5.92 Å². The van der Waals surface area contributed by atoms with E-state index >= 15 is 0 Å². The Hall–Kier alpha value is -0.880. The lowest BCUT2D eigenvalue weighted by atomic mass is 10.0. The van der Waals surface area contributed by atoms with Crippen LogP contribution >= 0.6 is 23.1 Å². The highest BCUT2D eigenvalue weighted by Gasteiger charge is 2.16. The molecule has 0 aromatic carbocycles. The fourth-order valence-corrected chi connectivity index (χ4v) is 3.79. The van der Waals surface area contributed by atoms with Crippen LogP contribution in [0.4, 0.5) is 5.13 Å². The summed E-state index contributed by atoms with van der Waals surface area (Å²) in [6.07, 6.45) is 8.65. The molecule has 19 heavy (non-hydrogen) atoms. The standard InChI is InChI=1S/C13H19N3OS2/c1-2-9-18-13-16-15-12(19-13)14-11(17)8-7-10-5-3-4-6-10/h2,10H,1,3-9H2,(H,14,15,17). The minimum atomic E-state index is 0.0586. The number of anilines is 1. The van der Waals surface area contributed by atoms with Crippen LogP contribution in [0.1, 0.15) is 38.5 Å². The van der Waals surface area contributed by atoms with E-state index < -0.39 is 0 Å². The van der Waals surface area contributed by atoms with Gasteiger partial charge in [-0.25, -0.2) is 0 Å². The Labute approximate surface area is 122 Å². The first-order valence-corrected chi connectivity index (χ1v) is 8.45. The van der Waals surface area contributed by atoms with Gasteiger partial charge in [-0.05, 0) is 12.3 Å². The summed E-state index contributed by atoms with van der Waals surface area (Å²) >= 11 is 3.00. The van der Waals surface area contributed by atoms with Gasteiger partial charge < -0.3 is 5.32 Å². The predicted octanol–water partition coefficient (Wildman–Crippen LogP) is 3.73. The van der Waals surface area contributed by atoms with Crippen molar-refractivity contribution in [3.63, 3.8) is 0 Å². The molecule has 1 saturated carbocycles. The van der Waals surface area contributed by atoms with Crippen molar-refractivity contribution in [3.8, 4) is 0 Å². The third kappa shape index (κ3) is 4.95. The number of carbonyl (C=O) groups excluding carboxylic acids is 1. The number of hydrogen-bond acceptors (Lipinski definition) is 5. The van der Waals surface area contributed by atoms with E-state index in [-0.39, 0.29) is 5.91 Å². The molecule has 1 amide bonds. The minimum absolute atomic E-state index is 0.0586. The summed E-state index contributed by atoms with van der Waals surface area (Å²) in [5, 5.41) is 11.4. The van der Waals surface area contributed by atoms with Gasteiger partial charge in [-0.1, -0.05) is 54.9 Å². The highest BCUT2D eigenvalue weighted by molar-refractivity contribution is 8.01. The molecule has 0 atom stereocenters. The molecule has 0 aliphatic heterocycles. The van der Waals surface area contributed by atoms with Crippen LogP contribution in [0.25, 0.3) is 0 Å². The van der Waals surface area contributed by atoms with Gasteiger partial charge in [0.15, 0.2) is 4.34 Å². The van der Waals surface area contributed by atoms with Gasteiger partial charge >= 0.3 is 0 Å². The first kappa shape index (κ1) is 14.5. The van der Waals surface area contributed by atoms with Crippen molar-refractivity contribution in [1.29, 1.82) is 0 Å². The smallest absolute Gasteiger partial charge is 0.226 e. The van der Waals surface area contributed by atoms with Gasteiger partial charge in [0, 0.05) is 12.2 Å². The number of rotatable bonds is 7. The maximum atomic E-state index is 11.8. The molecule has 0 bridgehead atoms. The third-order valence-electron chi connectivity index (χ3n) is 3.23. The molecule has 0 spiro atoms. The first-order chi connectivity index (χ1) is 9.28. The Bertz CT molecular complexity index is 427. The second-order valence-corrected chi connectivity index (χ2v) is 6.95. The van der Waals surface area contributed by atoms with Crippen LogP contribution < -0.4 is 5.32 Å². The molecule has 4 nitrogen and oxygen atoms in total. The summed E-state index contributed by atoms with van der Waals surface area (Å²) in [7, 11) is 0. The van der Waals surface area contributed by atoms with E-state index in [2.05, 4.69) is 22.1 Å². The Morgan fingerprint density at radius 2 is 2.26 bits per heavy atom. The molecule has 1 heterocycles. The van der Waals surface area contributed by atoms with Gasteiger partial charge in [0.2, 0.25) is 11.0 Å². The molecule has 0 saturated heterocycles. The molecular formula is C13H19N3OS2. The number of aromatic nitrogens is 2. The van der Waals surface area contributed by atoms with E-state index in [4.69, 9.17) is 0 Å². The Morgan fingerprint density at radius 3 is 3.00 bits per heavy atom. The van der Waals surface area contributed by atoms with Gasteiger partial charge in [-0.2, -0.15) is 0 Å². The molecule has 2 rings (SSSR count). The van der Waals surface area contributed by atoms with Gasteiger partial charge in [0.25, 0.3) is 0 Å². The van der Waals surface area contributed by atoms with Gasteiger partial charge in [-0.15, -0.1) is 16.8 Å². The molecular weight excluding hydrogens is 278 g/mol. The monoisotopic (exact) mass is 297 g/mol. The molecule has 6 heteroatoms. The Balaban J connectivity index is 1.71. The molecule has 1 N–H and O–H groups in total. The zero-order valence-corrected chi connectivity index (χ0v) is 12.6. The average Bonchev–Trinajstić information content (AvgIpc) is 3.05. The quantitative estimate of drug-likeness (QED) is 0.473. The number of thioether (sulfide) groups is 1. The van der Waals surface area contributed by atoms with Crippen molar-refractivity contribution in [3.05, 3.63) is 12.7 Å². The summed E-state index contributed by atoms with van der Waals surface area (Å²) in [6, 6.07) is 0. The summed E-state index contributed by atoms with van der Waals surface area (Å²) in [5.74, 6) is 1.62.